The standard InChI is InChI=1S/C19H18N2O4/c1-2-9-24-16-7-8-21-17(16)18(22)20-14-6-5-12(11-13(14)19(21)23)15-4-3-10-25-15/h2-6,10-11,16-17H,1,7-9H2,(H,20,22)/t16-,17+/m1/s1. The molecule has 1 aromatic carbocycles. The van der Waals surface area contributed by atoms with Crippen LogP contribution in [0.3, 0.4) is 0 Å². The minimum atomic E-state index is -0.619. The summed E-state index contributed by atoms with van der Waals surface area (Å²) >= 11 is 0. The molecule has 128 valence electrons. The van der Waals surface area contributed by atoms with Crippen LogP contribution in [0.15, 0.2) is 53.7 Å². The lowest BCUT2D eigenvalue weighted by Crippen LogP contribution is -2.46. The van der Waals surface area contributed by atoms with Crippen molar-refractivity contribution in [2.75, 3.05) is 18.5 Å². The van der Waals surface area contributed by atoms with Crippen molar-refractivity contribution < 1.29 is 18.7 Å². The second-order valence-corrected chi connectivity index (χ2v) is 6.12. The number of benzene rings is 1. The number of fused-ring (bicyclic) bond motifs is 2. The van der Waals surface area contributed by atoms with Gasteiger partial charge in [0.1, 0.15) is 11.8 Å². The Labute approximate surface area is 145 Å². The van der Waals surface area contributed by atoms with Gasteiger partial charge >= 0.3 is 0 Å². The van der Waals surface area contributed by atoms with Gasteiger partial charge in [-0.25, -0.2) is 0 Å². The number of ether oxygens (including phenoxy) is 1. The lowest BCUT2D eigenvalue weighted by molar-refractivity contribution is -0.122. The van der Waals surface area contributed by atoms with Crippen LogP contribution >= 0.6 is 0 Å². The highest BCUT2D eigenvalue weighted by atomic mass is 16.5. The molecule has 2 atom stereocenters. The van der Waals surface area contributed by atoms with Crippen molar-refractivity contribution in [2.24, 2.45) is 0 Å². The van der Waals surface area contributed by atoms with E-state index in [1.807, 2.05) is 12.1 Å². The predicted molar refractivity (Wildman–Crippen MR) is 92.2 cm³/mol. The van der Waals surface area contributed by atoms with Gasteiger partial charge in [-0.1, -0.05) is 6.08 Å². The third kappa shape index (κ3) is 2.64. The van der Waals surface area contributed by atoms with E-state index in [0.29, 0.717) is 36.6 Å². The average molecular weight is 338 g/mol. The van der Waals surface area contributed by atoms with Crippen molar-refractivity contribution >= 4 is 17.5 Å². The molecule has 1 N–H and O–H groups in total. The fourth-order valence-electron chi connectivity index (χ4n) is 3.46. The SMILES string of the molecule is C=CCO[C@@H]1CCN2C(=O)c3cc(-c4ccco4)ccc3NC(=O)[C@H]12. The van der Waals surface area contributed by atoms with Crippen molar-refractivity contribution in [3.63, 3.8) is 0 Å². The van der Waals surface area contributed by atoms with Gasteiger partial charge in [0.05, 0.1) is 30.2 Å². The molecule has 0 saturated carbocycles. The Hall–Kier alpha value is -2.86. The molecule has 1 aromatic heterocycles. The van der Waals surface area contributed by atoms with Gasteiger partial charge in [0.2, 0.25) is 5.91 Å². The summed E-state index contributed by atoms with van der Waals surface area (Å²) in [5.74, 6) is 0.289. The number of carbonyl (C=O) groups excluding carboxylic acids is 2. The highest BCUT2D eigenvalue weighted by Crippen LogP contribution is 2.33. The van der Waals surface area contributed by atoms with Gasteiger partial charge in [0.25, 0.3) is 5.91 Å². The molecule has 0 unspecified atom stereocenters. The lowest BCUT2D eigenvalue weighted by Gasteiger charge is -2.24. The number of nitrogens with zero attached hydrogens (tertiary/aromatic N) is 1. The zero-order chi connectivity index (χ0) is 17.4. The number of amides is 2. The minimum Gasteiger partial charge on any atom is -0.464 e. The number of hydrogen-bond acceptors (Lipinski definition) is 4. The van der Waals surface area contributed by atoms with E-state index in [-0.39, 0.29) is 17.9 Å². The summed E-state index contributed by atoms with van der Waals surface area (Å²) in [5, 5.41) is 2.87. The third-order valence-corrected chi connectivity index (χ3v) is 4.61. The second-order valence-electron chi connectivity index (χ2n) is 6.12. The number of rotatable bonds is 4. The van der Waals surface area contributed by atoms with Crippen molar-refractivity contribution in [1.29, 1.82) is 0 Å². The Morgan fingerprint density at radius 3 is 3.00 bits per heavy atom. The van der Waals surface area contributed by atoms with Gasteiger partial charge in [-0.3, -0.25) is 9.59 Å². The molecule has 0 spiro atoms. The molecule has 0 bridgehead atoms. The first-order chi connectivity index (χ1) is 12.2. The smallest absolute Gasteiger partial charge is 0.256 e. The molecule has 1 fully saturated rings. The maximum Gasteiger partial charge on any atom is 0.256 e. The topological polar surface area (TPSA) is 71.8 Å². The third-order valence-electron chi connectivity index (χ3n) is 4.61. The highest BCUT2D eigenvalue weighted by molar-refractivity contribution is 6.11. The number of hydrogen-bond donors (Lipinski definition) is 1. The maximum atomic E-state index is 13.0. The number of anilines is 1. The van der Waals surface area contributed by atoms with Crippen LogP contribution in [0.1, 0.15) is 16.8 Å². The largest absolute Gasteiger partial charge is 0.464 e. The molecule has 3 heterocycles. The minimum absolute atomic E-state index is 0.170. The first-order valence-corrected chi connectivity index (χ1v) is 8.21. The summed E-state index contributed by atoms with van der Waals surface area (Å²) in [4.78, 5) is 27.3. The molecule has 2 aliphatic heterocycles. The van der Waals surface area contributed by atoms with E-state index < -0.39 is 6.04 Å². The monoisotopic (exact) mass is 338 g/mol. The zero-order valence-corrected chi connectivity index (χ0v) is 13.6. The molecule has 0 aliphatic carbocycles. The first-order valence-electron chi connectivity index (χ1n) is 8.21. The molecule has 4 rings (SSSR count). The lowest BCUT2D eigenvalue weighted by atomic mass is 10.1. The molecule has 2 aliphatic rings. The summed E-state index contributed by atoms with van der Waals surface area (Å²) in [6.45, 7) is 4.47. The van der Waals surface area contributed by atoms with E-state index in [2.05, 4.69) is 11.9 Å². The van der Waals surface area contributed by atoms with Crippen molar-refractivity contribution in [3.8, 4) is 11.3 Å². The Balaban J connectivity index is 1.70. The van der Waals surface area contributed by atoms with Crippen molar-refractivity contribution in [2.45, 2.75) is 18.6 Å². The normalized spacial score (nSPS) is 22.2. The Morgan fingerprint density at radius 2 is 2.24 bits per heavy atom. The Bertz CT molecular complexity index is 828. The van der Waals surface area contributed by atoms with E-state index in [0.717, 1.165) is 5.56 Å². The zero-order valence-electron chi connectivity index (χ0n) is 13.6. The van der Waals surface area contributed by atoms with Gasteiger partial charge in [-0.05, 0) is 36.8 Å². The van der Waals surface area contributed by atoms with E-state index in [1.54, 1.807) is 35.4 Å². The van der Waals surface area contributed by atoms with Crippen LogP contribution in [-0.2, 0) is 9.53 Å². The van der Waals surface area contributed by atoms with Crippen LogP contribution < -0.4 is 5.32 Å². The molecule has 2 amide bonds. The quantitative estimate of drug-likeness (QED) is 0.870. The summed E-state index contributed by atoms with van der Waals surface area (Å²) < 4.78 is 11.1. The van der Waals surface area contributed by atoms with Crippen LogP contribution in [0.5, 0.6) is 0 Å². The average Bonchev–Trinajstić information content (AvgIpc) is 3.27. The second kappa shape index (κ2) is 6.22. The van der Waals surface area contributed by atoms with Gasteiger partial charge in [-0.2, -0.15) is 0 Å². The van der Waals surface area contributed by atoms with E-state index in [4.69, 9.17) is 9.15 Å². The van der Waals surface area contributed by atoms with Gasteiger partial charge < -0.3 is 19.4 Å². The fourth-order valence-corrected chi connectivity index (χ4v) is 3.46. The van der Waals surface area contributed by atoms with E-state index >= 15 is 0 Å². The predicted octanol–water partition coefficient (Wildman–Crippen LogP) is 2.68. The van der Waals surface area contributed by atoms with E-state index in [9.17, 15) is 9.59 Å². The van der Waals surface area contributed by atoms with Crippen LogP contribution in [-0.4, -0.2) is 42.0 Å². The summed E-state index contributed by atoms with van der Waals surface area (Å²) in [6.07, 6.45) is 3.54. The molecule has 6 nitrogen and oxygen atoms in total. The Kier molecular flexibility index (Phi) is 3.89. The first kappa shape index (κ1) is 15.7. The van der Waals surface area contributed by atoms with Gasteiger partial charge in [-0.15, -0.1) is 6.58 Å². The van der Waals surface area contributed by atoms with Gasteiger partial charge in [0, 0.05) is 12.1 Å². The van der Waals surface area contributed by atoms with Crippen LogP contribution in [0.25, 0.3) is 11.3 Å². The van der Waals surface area contributed by atoms with Crippen molar-refractivity contribution in [3.05, 3.63) is 54.8 Å². The maximum absolute atomic E-state index is 13.0. The van der Waals surface area contributed by atoms with Crippen molar-refractivity contribution in [1.82, 2.24) is 4.90 Å². The highest BCUT2D eigenvalue weighted by Gasteiger charge is 2.45. The van der Waals surface area contributed by atoms with Crippen LogP contribution in [0.2, 0.25) is 0 Å². The molecule has 6 heteroatoms. The van der Waals surface area contributed by atoms with E-state index in [1.165, 1.54) is 0 Å². The number of nitrogens with one attached hydrogen (secondary N) is 1. The summed E-state index contributed by atoms with van der Waals surface area (Å²) in [6, 6.07) is 8.34. The molecule has 2 aromatic rings. The van der Waals surface area contributed by atoms with Crippen LogP contribution in [0, 0.1) is 0 Å². The number of carbonyl (C=O) groups is 2. The molecule has 25 heavy (non-hydrogen) atoms. The summed E-state index contributed by atoms with van der Waals surface area (Å²) in [7, 11) is 0. The molecule has 0 radical (unpaired) electrons. The van der Waals surface area contributed by atoms with Crippen LogP contribution in [0.4, 0.5) is 5.69 Å². The molecular weight excluding hydrogens is 320 g/mol. The summed E-state index contributed by atoms with van der Waals surface area (Å²) in [5.41, 5.74) is 1.78. The molecule has 1 saturated heterocycles. The van der Waals surface area contributed by atoms with Gasteiger partial charge in [0.15, 0.2) is 0 Å². The fraction of sp³-hybridized carbons (Fsp3) is 0.263. The Morgan fingerprint density at radius 1 is 1.36 bits per heavy atom. The number of furan rings is 1. The molecular formula is C19H18N2O4.